The summed E-state index contributed by atoms with van der Waals surface area (Å²) in [4.78, 5) is 13.6. The molecule has 0 radical (unpaired) electrons. The Kier molecular flexibility index (Phi) is 5.55. The number of thiocarbonyl (C=S) groups is 1. The Morgan fingerprint density at radius 2 is 2.22 bits per heavy atom. The van der Waals surface area contributed by atoms with Crippen molar-refractivity contribution in [2.75, 3.05) is 25.1 Å². The second kappa shape index (κ2) is 6.70. The molecule has 0 unspecified atom stereocenters. The fourth-order valence-electron chi connectivity index (χ4n) is 1.56. The maximum absolute atomic E-state index is 11.4. The van der Waals surface area contributed by atoms with E-state index in [0.29, 0.717) is 11.5 Å². The van der Waals surface area contributed by atoms with Gasteiger partial charge < -0.3 is 15.4 Å². The largest absolute Gasteiger partial charge is 0.468 e. The zero-order valence-corrected chi connectivity index (χ0v) is 12.7. The summed E-state index contributed by atoms with van der Waals surface area (Å²) in [5.74, 6) is -0.300. The third-order valence-electron chi connectivity index (χ3n) is 2.50. The summed E-state index contributed by atoms with van der Waals surface area (Å²) in [6, 6.07) is 5.59. The van der Waals surface area contributed by atoms with Gasteiger partial charge in [-0.15, -0.1) is 0 Å². The van der Waals surface area contributed by atoms with E-state index in [1.807, 2.05) is 30.0 Å². The molecule has 0 bridgehead atoms. The predicted molar refractivity (Wildman–Crippen MR) is 79.9 cm³/mol. The topological polar surface area (TPSA) is 55.6 Å². The quantitative estimate of drug-likeness (QED) is 0.661. The Morgan fingerprint density at radius 3 is 2.72 bits per heavy atom. The summed E-state index contributed by atoms with van der Waals surface area (Å²) in [6.07, 6.45) is 0. The van der Waals surface area contributed by atoms with E-state index in [1.165, 1.54) is 7.11 Å². The number of methoxy groups -OCH3 is 1. The lowest BCUT2D eigenvalue weighted by atomic mass is 10.1. The lowest BCUT2D eigenvalue weighted by molar-refractivity contribution is -0.138. The molecule has 0 saturated heterocycles. The number of ether oxygens (including phenoxy) is 1. The van der Waals surface area contributed by atoms with E-state index in [1.54, 1.807) is 0 Å². The first-order valence-electron chi connectivity index (χ1n) is 5.40. The molecule has 1 aromatic rings. The van der Waals surface area contributed by atoms with Gasteiger partial charge in [-0.05, 0) is 25.1 Å². The van der Waals surface area contributed by atoms with Crippen LogP contribution in [0.15, 0.2) is 22.7 Å². The highest BCUT2D eigenvalue weighted by Gasteiger charge is 2.15. The fourth-order valence-corrected chi connectivity index (χ4v) is 2.08. The van der Waals surface area contributed by atoms with Crippen LogP contribution in [0.3, 0.4) is 0 Å². The SMILES string of the molecule is CCN(CC(=O)OC)c1cc(Br)ccc1C(N)=S. The first-order chi connectivity index (χ1) is 8.49. The van der Waals surface area contributed by atoms with Crippen molar-refractivity contribution in [3.05, 3.63) is 28.2 Å². The zero-order chi connectivity index (χ0) is 13.7. The van der Waals surface area contributed by atoms with E-state index in [-0.39, 0.29) is 12.5 Å². The van der Waals surface area contributed by atoms with Crippen LogP contribution >= 0.6 is 28.1 Å². The van der Waals surface area contributed by atoms with Crippen molar-refractivity contribution in [1.29, 1.82) is 0 Å². The van der Waals surface area contributed by atoms with E-state index < -0.39 is 0 Å². The minimum absolute atomic E-state index is 0.166. The molecule has 0 amide bonds. The molecule has 2 N–H and O–H groups in total. The van der Waals surface area contributed by atoms with Crippen LogP contribution in [0.5, 0.6) is 0 Å². The third kappa shape index (κ3) is 3.68. The molecule has 0 saturated carbocycles. The molecule has 0 aliphatic rings. The van der Waals surface area contributed by atoms with Crippen LogP contribution in [0.4, 0.5) is 5.69 Å². The van der Waals surface area contributed by atoms with Gasteiger partial charge in [0, 0.05) is 22.3 Å². The van der Waals surface area contributed by atoms with E-state index in [9.17, 15) is 4.79 Å². The summed E-state index contributed by atoms with van der Waals surface area (Å²) in [6.45, 7) is 2.77. The van der Waals surface area contributed by atoms with Gasteiger partial charge in [0.05, 0.1) is 7.11 Å². The number of benzene rings is 1. The monoisotopic (exact) mass is 330 g/mol. The highest BCUT2D eigenvalue weighted by molar-refractivity contribution is 9.10. The van der Waals surface area contributed by atoms with E-state index in [2.05, 4.69) is 20.7 Å². The lowest BCUT2D eigenvalue weighted by Gasteiger charge is -2.24. The molecule has 1 aromatic carbocycles. The first kappa shape index (κ1) is 14.9. The van der Waals surface area contributed by atoms with Crippen LogP contribution in [0.25, 0.3) is 0 Å². The molecule has 18 heavy (non-hydrogen) atoms. The Bertz CT molecular complexity index is 465. The van der Waals surface area contributed by atoms with E-state index >= 15 is 0 Å². The van der Waals surface area contributed by atoms with Gasteiger partial charge in [0.2, 0.25) is 0 Å². The van der Waals surface area contributed by atoms with Crippen LogP contribution in [-0.4, -0.2) is 31.2 Å². The molecular weight excluding hydrogens is 316 g/mol. The smallest absolute Gasteiger partial charge is 0.325 e. The Labute approximate surface area is 120 Å². The number of hydrogen-bond acceptors (Lipinski definition) is 4. The molecule has 0 aliphatic carbocycles. The van der Waals surface area contributed by atoms with Crippen molar-refractivity contribution >= 4 is 44.8 Å². The predicted octanol–water partition coefficient (Wildman–Crippen LogP) is 2.08. The number of carbonyl (C=O) groups is 1. The van der Waals surface area contributed by atoms with Crippen molar-refractivity contribution in [2.45, 2.75) is 6.92 Å². The van der Waals surface area contributed by atoms with Gasteiger partial charge in [0.15, 0.2) is 0 Å². The van der Waals surface area contributed by atoms with Crippen LogP contribution < -0.4 is 10.6 Å². The number of rotatable bonds is 5. The molecule has 4 nitrogen and oxygen atoms in total. The van der Waals surface area contributed by atoms with Gasteiger partial charge in [0.25, 0.3) is 0 Å². The van der Waals surface area contributed by atoms with Crippen molar-refractivity contribution < 1.29 is 9.53 Å². The van der Waals surface area contributed by atoms with Crippen molar-refractivity contribution in [2.24, 2.45) is 5.73 Å². The maximum Gasteiger partial charge on any atom is 0.325 e. The summed E-state index contributed by atoms with van der Waals surface area (Å²) in [5, 5.41) is 0. The highest BCUT2D eigenvalue weighted by atomic mass is 79.9. The maximum atomic E-state index is 11.4. The summed E-state index contributed by atoms with van der Waals surface area (Å²) < 4.78 is 5.58. The molecule has 0 aliphatic heterocycles. The number of carbonyl (C=O) groups excluding carboxylic acids is 1. The van der Waals surface area contributed by atoms with Gasteiger partial charge in [0.1, 0.15) is 11.5 Å². The zero-order valence-electron chi connectivity index (χ0n) is 10.3. The Balaban J connectivity index is 3.14. The normalized spacial score (nSPS) is 9.94. The van der Waals surface area contributed by atoms with E-state index in [0.717, 1.165) is 15.7 Å². The number of halogens is 1. The molecule has 0 fully saturated rings. The highest BCUT2D eigenvalue weighted by Crippen LogP contribution is 2.25. The number of likely N-dealkylation sites (N-methyl/N-ethyl adjacent to an activating group) is 1. The summed E-state index contributed by atoms with van der Waals surface area (Å²) >= 11 is 8.42. The van der Waals surface area contributed by atoms with Crippen LogP contribution in [-0.2, 0) is 9.53 Å². The Morgan fingerprint density at radius 1 is 1.56 bits per heavy atom. The molecule has 0 atom stereocenters. The summed E-state index contributed by atoms with van der Waals surface area (Å²) in [7, 11) is 1.37. The molecule has 0 spiro atoms. The Hall–Kier alpha value is -1.14. The fraction of sp³-hybridized carbons (Fsp3) is 0.333. The third-order valence-corrected chi connectivity index (χ3v) is 3.21. The van der Waals surface area contributed by atoms with Gasteiger partial charge in [-0.2, -0.15) is 0 Å². The average molecular weight is 331 g/mol. The van der Waals surface area contributed by atoms with Gasteiger partial charge in [-0.25, -0.2) is 0 Å². The van der Waals surface area contributed by atoms with Gasteiger partial charge in [-0.1, -0.05) is 28.1 Å². The average Bonchev–Trinajstić information content (AvgIpc) is 2.35. The van der Waals surface area contributed by atoms with Crippen LogP contribution in [0.1, 0.15) is 12.5 Å². The first-order valence-corrected chi connectivity index (χ1v) is 6.60. The lowest BCUT2D eigenvalue weighted by Crippen LogP contribution is -2.32. The van der Waals surface area contributed by atoms with Crippen LogP contribution in [0, 0.1) is 0 Å². The standard InChI is InChI=1S/C12H15BrN2O2S/c1-3-15(7-11(16)17-2)10-6-8(13)4-5-9(10)12(14)18/h4-6H,3,7H2,1-2H3,(H2,14,18). The number of nitrogens with two attached hydrogens (primary N) is 1. The number of nitrogens with zero attached hydrogens (tertiary/aromatic N) is 1. The van der Waals surface area contributed by atoms with Crippen molar-refractivity contribution in [3.8, 4) is 0 Å². The number of anilines is 1. The summed E-state index contributed by atoms with van der Waals surface area (Å²) in [5.41, 5.74) is 7.27. The van der Waals surface area contributed by atoms with Gasteiger partial charge in [-0.3, -0.25) is 4.79 Å². The second-order valence-electron chi connectivity index (χ2n) is 3.62. The molecule has 0 aromatic heterocycles. The molecule has 6 heteroatoms. The van der Waals surface area contributed by atoms with Crippen molar-refractivity contribution in [3.63, 3.8) is 0 Å². The van der Waals surface area contributed by atoms with Crippen LogP contribution in [0.2, 0.25) is 0 Å². The minimum atomic E-state index is -0.300. The molecule has 0 heterocycles. The molecule has 98 valence electrons. The molecule has 1 rings (SSSR count). The number of esters is 1. The minimum Gasteiger partial charge on any atom is -0.468 e. The molecular formula is C12H15BrN2O2S. The van der Waals surface area contributed by atoms with Gasteiger partial charge >= 0.3 is 5.97 Å². The second-order valence-corrected chi connectivity index (χ2v) is 4.97. The van der Waals surface area contributed by atoms with E-state index in [4.69, 9.17) is 18.0 Å². The number of hydrogen-bond donors (Lipinski definition) is 1. The van der Waals surface area contributed by atoms with Crippen molar-refractivity contribution in [1.82, 2.24) is 0 Å².